The Morgan fingerprint density at radius 2 is 2.10 bits per heavy atom. The second kappa shape index (κ2) is 5.10. The van der Waals surface area contributed by atoms with Crippen molar-refractivity contribution in [2.45, 2.75) is 4.90 Å². The van der Waals surface area contributed by atoms with Gasteiger partial charge in [0.1, 0.15) is 0 Å². The van der Waals surface area contributed by atoms with Gasteiger partial charge in [0.15, 0.2) is 0 Å². The minimum Gasteiger partial charge on any atom is -0.321 e. The summed E-state index contributed by atoms with van der Waals surface area (Å²) in [5.74, 6) is -0.225. The summed E-state index contributed by atoms with van der Waals surface area (Å²) in [4.78, 5) is 13.1. The van der Waals surface area contributed by atoms with Crippen LogP contribution in [0.3, 0.4) is 0 Å². The van der Waals surface area contributed by atoms with Crippen LogP contribution < -0.4 is 10.0 Å². The maximum Gasteiger partial charge on any atom is 0.256 e. The molecule has 0 unspecified atom stereocenters. The molecule has 2 aromatic rings. The quantitative estimate of drug-likeness (QED) is 0.851. The van der Waals surface area contributed by atoms with Crippen LogP contribution in [0.25, 0.3) is 11.6 Å². The fraction of sp³-hybridized carbons (Fsp3) is 0.0714. The first-order chi connectivity index (χ1) is 10.0. The lowest BCUT2D eigenvalue weighted by Gasteiger charge is -2.05. The molecule has 0 saturated heterocycles. The van der Waals surface area contributed by atoms with Gasteiger partial charge in [-0.3, -0.25) is 4.79 Å². The maximum absolute atomic E-state index is 12.0. The van der Waals surface area contributed by atoms with Crippen LogP contribution in [-0.4, -0.2) is 21.4 Å². The Bertz CT molecular complexity index is 837. The average Bonchev–Trinajstić information content (AvgIpc) is 3.08. The first-order valence-corrected chi connectivity index (χ1v) is 8.52. The molecule has 5 nitrogen and oxygen atoms in total. The largest absolute Gasteiger partial charge is 0.321 e. The van der Waals surface area contributed by atoms with E-state index in [9.17, 15) is 13.2 Å². The van der Waals surface area contributed by atoms with Crippen LogP contribution in [0.2, 0.25) is 0 Å². The van der Waals surface area contributed by atoms with Crippen molar-refractivity contribution in [3.63, 3.8) is 0 Å². The van der Waals surface area contributed by atoms with E-state index in [0.717, 1.165) is 4.88 Å². The Kier molecular flexibility index (Phi) is 3.40. The Morgan fingerprint density at radius 1 is 1.29 bits per heavy atom. The van der Waals surface area contributed by atoms with Crippen LogP contribution in [0.1, 0.15) is 10.4 Å². The second-order valence-electron chi connectivity index (χ2n) is 4.44. The van der Waals surface area contributed by atoms with Gasteiger partial charge < -0.3 is 5.32 Å². The van der Waals surface area contributed by atoms with Gasteiger partial charge in [-0.2, -0.15) is 0 Å². The summed E-state index contributed by atoms with van der Waals surface area (Å²) >= 11 is 1.51. The number of carbonyl (C=O) groups is 1. The maximum atomic E-state index is 12.0. The Hall–Kier alpha value is -1.96. The van der Waals surface area contributed by atoms with E-state index in [-0.39, 0.29) is 10.8 Å². The lowest BCUT2D eigenvalue weighted by Crippen LogP contribution is -2.18. The molecule has 0 atom stereocenters. The van der Waals surface area contributed by atoms with Crippen molar-refractivity contribution in [1.82, 2.24) is 4.72 Å². The minimum absolute atomic E-state index is 0.136. The monoisotopic (exact) mass is 320 g/mol. The number of fused-ring (bicyclic) bond motifs is 1. The number of carbonyl (C=O) groups excluding carboxylic acids is 1. The number of rotatable bonds is 3. The molecule has 1 aliphatic heterocycles. The zero-order valence-corrected chi connectivity index (χ0v) is 12.7. The number of anilines is 1. The third kappa shape index (κ3) is 2.51. The van der Waals surface area contributed by atoms with Crippen molar-refractivity contribution >= 4 is 44.6 Å². The zero-order valence-electron chi connectivity index (χ0n) is 11.1. The van der Waals surface area contributed by atoms with Crippen molar-refractivity contribution in [1.29, 1.82) is 0 Å². The van der Waals surface area contributed by atoms with Crippen LogP contribution in [0.15, 0.2) is 40.6 Å². The molecule has 1 aromatic carbocycles. The summed E-state index contributed by atoms with van der Waals surface area (Å²) in [5.41, 5.74) is 1.70. The van der Waals surface area contributed by atoms with Gasteiger partial charge in [-0.15, -0.1) is 11.3 Å². The third-order valence-electron chi connectivity index (χ3n) is 3.18. The molecule has 2 N–H and O–H groups in total. The van der Waals surface area contributed by atoms with Crippen LogP contribution in [-0.2, 0) is 14.8 Å². The van der Waals surface area contributed by atoms with Gasteiger partial charge >= 0.3 is 0 Å². The number of hydrogen-bond donors (Lipinski definition) is 2. The van der Waals surface area contributed by atoms with E-state index in [4.69, 9.17) is 0 Å². The predicted molar refractivity (Wildman–Crippen MR) is 83.5 cm³/mol. The highest BCUT2D eigenvalue weighted by atomic mass is 32.2. The van der Waals surface area contributed by atoms with E-state index >= 15 is 0 Å². The number of nitrogens with one attached hydrogen (secondary N) is 2. The number of hydrogen-bond acceptors (Lipinski definition) is 4. The average molecular weight is 320 g/mol. The lowest BCUT2D eigenvalue weighted by molar-refractivity contribution is -0.110. The van der Waals surface area contributed by atoms with Crippen molar-refractivity contribution in [2.24, 2.45) is 0 Å². The number of benzene rings is 1. The second-order valence-corrected chi connectivity index (χ2v) is 7.31. The Morgan fingerprint density at radius 3 is 2.76 bits per heavy atom. The molecule has 7 heteroatoms. The lowest BCUT2D eigenvalue weighted by atomic mass is 10.1. The molecule has 0 aliphatic carbocycles. The molecule has 0 radical (unpaired) electrons. The Balaban J connectivity index is 2.13. The smallest absolute Gasteiger partial charge is 0.256 e. The molecule has 0 bridgehead atoms. The van der Waals surface area contributed by atoms with E-state index < -0.39 is 10.0 Å². The zero-order chi connectivity index (χ0) is 15.0. The molecule has 1 aliphatic rings. The molecule has 2 heterocycles. The van der Waals surface area contributed by atoms with E-state index in [1.165, 1.54) is 30.5 Å². The highest BCUT2D eigenvalue weighted by molar-refractivity contribution is 7.89. The van der Waals surface area contributed by atoms with E-state index in [1.54, 1.807) is 12.1 Å². The standard InChI is InChI=1S/C14H12N2O3S2/c1-15-21(18,19)10-4-5-13-11(8-10)12(14(17)16-13)7-9-3-2-6-20-9/h2-8,15H,1H3,(H,16,17). The summed E-state index contributed by atoms with van der Waals surface area (Å²) in [6, 6.07) is 8.38. The third-order valence-corrected chi connectivity index (χ3v) is 5.41. The molecule has 108 valence electrons. The van der Waals surface area contributed by atoms with Gasteiger partial charge in [0, 0.05) is 16.1 Å². The first-order valence-electron chi connectivity index (χ1n) is 6.16. The fourth-order valence-corrected chi connectivity index (χ4v) is 3.52. The highest BCUT2D eigenvalue weighted by Crippen LogP contribution is 2.35. The summed E-state index contributed by atoms with van der Waals surface area (Å²) < 4.78 is 26.0. The van der Waals surface area contributed by atoms with Crippen molar-refractivity contribution in [2.75, 3.05) is 12.4 Å². The van der Waals surface area contributed by atoms with Crippen molar-refractivity contribution in [3.8, 4) is 0 Å². The van der Waals surface area contributed by atoms with Gasteiger partial charge in [0.2, 0.25) is 10.0 Å². The minimum atomic E-state index is -3.54. The van der Waals surface area contributed by atoms with Gasteiger partial charge in [-0.1, -0.05) is 6.07 Å². The molecule has 21 heavy (non-hydrogen) atoms. The number of thiophene rings is 1. The Labute approximate surface area is 126 Å². The van der Waals surface area contributed by atoms with Crippen molar-refractivity contribution < 1.29 is 13.2 Å². The van der Waals surface area contributed by atoms with Gasteiger partial charge in [-0.05, 0) is 42.8 Å². The normalized spacial score (nSPS) is 16.0. The first kappa shape index (κ1) is 14.0. The van der Waals surface area contributed by atoms with E-state index in [1.807, 2.05) is 17.5 Å². The molecule has 3 rings (SSSR count). The summed E-state index contributed by atoms with van der Waals surface area (Å²) in [7, 11) is -2.18. The van der Waals surface area contributed by atoms with Gasteiger partial charge in [0.25, 0.3) is 5.91 Å². The fourth-order valence-electron chi connectivity index (χ4n) is 2.11. The number of sulfonamides is 1. The molecule has 0 spiro atoms. The predicted octanol–water partition coefficient (Wildman–Crippen LogP) is 2.15. The van der Waals surface area contributed by atoms with E-state index in [2.05, 4.69) is 10.0 Å². The van der Waals surface area contributed by atoms with Gasteiger partial charge in [-0.25, -0.2) is 13.1 Å². The highest BCUT2D eigenvalue weighted by Gasteiger charge is 2.26. The molecule has 0 fully saturated rings. The summed E-state index contributed by atoms with van der Waals surface area (Å²) in [5, 5.41) is 4.66. The summed E-state index contributed by atoms with van der Waals surface area (Å²) in [6.07, 6.45) is 1.77. The van der Waals surface area contributed by atoms with Crippen LogP contribution in [0.4, 0.5) is 5.69 Å². The topological polar surface area (TPSA) is 75.3 Å². The molecule has 1 aromatic heterocycles. The molecular formula is C14H12N2O3S2. The van der Waals surface area contributed by atoms with Crippen molar-refractivity contribution in [3.05, 3.63) is 46.2 Å². The molecule has 0 saturated carbocycles. The summed E-state index contributed by atoms with van der Waals surface area (Å²) in [6.45, 7) is 0. The van der Waals surface area contributed by atoms with Crippen LogP contribution in [0.5, 0.6) is 0 Å². The molecule has 1 amide bonds. The SMILES string of the molecule is CNS(=O)(=O)c1ccc2c(c1)C(=Cc1cccs1)C(=O)N2. The van der Waals surface area contributed by atoms with Crippen LogP contribution >= 0.6 is 11.3 Å². The van der Waals surface area contributed by atoms with E-state index in [0.29, 0.717) is 16.8 Å². The molecular weight excluding hydrogens is 308 g/mol. The van der Waals surface area contributed by atoms with Gasteiger partial charge in [0.05, 0.1) is 10.5 Å². The van der Waals surface area contributed by atoms with Crippen LogP contribution in [0, 0.1) is 0 Å². The number of amides is 1.